The molecule has 0 saturated carbocycles. The summed E-state index contributed by atoms with van der Waals surface area (Å²) in [5.41, 5.74) is 2.34. The van der Waals surface area contributed by atoms with Gasteiger partial charge < -0.3 is 9.64 Å². The molecule has 3 heteroatoms. The average Bonchev–Trinajstić information content (AvgIpc) is 2.26. The average molecular weight is 214 g/mol. The van der Waals surface area contributed by atoms with Crippen molar-refractivity contribution < 1.29 is 4.74 Å². The zero-order chi connectivity index (χ0) is 10.4. The van der Waals surface area contributed by atoms with Crippen LogP contribution in [0.3, 0.4) is 0 Å². The lowest BCUT2D eigenvalue weighted by Crippen LogP contribution is -2.21. The topological polar surface area (TPSA) is 12.5 Å². The van der Waals surface area contributed by atoms with Gasteiger partial charge in [-0.3, -0.25) is 0 Å². The summed E-state index contributed by atoms with van der Waals surface area (Å²) in [5, 5.41) is 0. The van der Waals surface area contributed by atoms with Crippen LogP contribution < -0.4 is 4.90 Å². The Hall–Kier alpha value is -0.730. The largest absolute Gasteiger partial charge is 0.383 e. The molecule has 0 aliphatic rings. The zero-order valence-electron chi connectivity index (χ0n) is 8.66. The predicted octanol–water partition coefficient (Wildman–Crippen LogP) is 2.51. The zero-order valence-corrected chi connectivity index (χ0v) is 9.42. The summed E-state index contributed by atoms with van der Waals surface area (Å²) in [4.78, 5) is 2.15. The van der Waals surface area contributed by atoms with Gasteiger partial charge in [0.25, 0.3) is 0 Å². The van der Waals surface area contributed by atoms with Crippen molar-refractivity contribution in [2.24, 2.45) is 0 Å². The molecular weight excluding hydrogens is 198 g/mol. The molecule has 0 spiro atoms. The van der Waals surface area contributed by atoms with Gasteiger partial charge in [-0.2, -0.15) is 0 Å². The van der Waals surface area contributed by atoms with E-state index in [2.05, 4.69) is 24.1 Å². The normalized spacial score (nSPS) is 10.2. The molecule has 0 aliphatic carbocycles. The van der Waals surface area contributed by atoms with Gasteiger partial charge in [-0.15, -0.1) is 11.6 Å². The molecule has 0 heterocycles. The lowest BCUT2D eigenvalue weighted by Gasteiger charge is -2.18. The number of ether oxygens (including phenoxy) is 1. The standard InChI is InChI=1S/C11H16ClNO/c1-13(7-8-14-2)11-5-3-10(9-12)4-6-11/h3-6H,7-9H2,1-2H3. The Kier molecular flexibility index (Phi) is 4.77. The van der Waals surface area contributed by atoms with Gasteiger partial charge in [0.1, 0.15) is 0 Å². The second-order valence-electron chi connectivity index (χ2n) is 3.21. The van der Waals surface area contributed by atoms with E-state index in [0.717, 1.165) is 18.7 Å². The highest BCUT2D eigenvalue weighted by molar-refractivity contribution is 6.17. The number of halogens is 1. The van der Waals surface area contributed by atoms with Crippen LogP contribution in [0.4, 0.5) is 5.69 Å². The molecule has 1 aromatic rings. The summed E-state index contributed by atoms with van der Waals surface area (Å²) < 4.78 is 5.02. The molecule has 78 valence electrons. The SMILES string of the molecule is COCCN(C)c1ccc(CCl)cc1. The number of likely N-dealkylation sites (N-methyl/N-ethyl adjacent to an activating group) is 1. The predicted molar refractivity (Wildman–Crippen MR) is 61.1 cm³/mol. The minimum absolute atomic E-state index is 0.571. The van der Waals surface area contributed by atoms with Crippen LogP contribution in [0.5, 0.6) is 0 Å². The van der Waals surface area contributed by atoms with Crippen molar-refractivity contribution >= 4 is 17.3 Å². The summed E-state index contributed by atoms with van der Waals surface area (Å²) in [6.45, 7) is 1.64. The number of anilines is 1. The van der Waals surface area contributed by atoms with E-state index in [1.54, 1.807) is 7.11 Å². The van der Waals surface area contributed by atoms with E-state index >= 15 is 0 Å². The first kappa shape index (κ1) is 11.3. The number of hydrogen-bond acceptors (Lipinski definition) is 2. The minimum Gasteiger partial charge on any atom is -0.383 e. The molecule has 0 fully saturated rings. The number of rotatable bonds is 5. The van der Waals surface area contributed by atoms with Crippen LogP contribution in [-0.4, -0.2) is 27.3 Å². The van der Waals surface area contributed by atoms with Crippen molar-refractivity contribution in [3.05, 3.63) is 29.8 Å². The monoisotopic (exact) mass is 213 g/mol. The van der Waals surface area contributed by atoms with E-state index in [4.69, 9.17) is 16.3 Å². The Morgan fingerprint density at radius 2 is 1.93 bits per heavy atom. The van der Waals surface area contributed by atoms with E-state index < -0.39 is 0 Å². The van der Waals surface area contributed by atoms with Gasteiger partial charge in [0.2, 0.25) is 0 Å². The van der Waals surface area contributed by atoms with Gasteiger partial charge in [0.05, 0.1) is 6.61 Å². The number of methoxy groups -OCH3 is 1. The van der Waals surface area contributed by atoms with Gasteiger partial charge in [-0.25, -0.2) is 0 Å². The van der Waals surface area contributed by atoms with Crippen molar-refractivity contribution in [2.45, 2.75) is 5.88 Å². The second kappa shape index (κ2) is 5.89. The van der Waals surface area contributed by atoms with E-state index in [1.807, 2.05) is 12.1 Å². The van der Waals surface area contributed by atoms with E-state index in [0.29, 0.717) is 5.88 Å². The third kappa shape index (κ3) is 3.20. The molecule has 0 aromatic heterocycles. The van der Waals surface area contributed by atoms with Crippen LogP contribution >= 0.6 is 11.6 Å². The molecule has 0 unspecified atom stereocenters. The number of benzene rings is 1. The highest BCUT2D eigenvalue weighted by Gasteiger charge is 1.99. The molecule has 0 saturated heterocycles. The Morgan fingerprint density at radius 1 is 1.29 bits per heavy atom. The van der Waals surface area contributed by atoms with Crippen molar-refractivity contribution in [2.75, 3.05) is 32.2 Å². The molecule has 0 amide bonds. The van der Waals surface area contributed by atoms with Crippen LogP contribution in [0.2, 0.25) is 0 Å². The summed E-state index contributed by atoms with van der Waals surface area (Å²) in [6, 6.07) is 8.25. The molecule has 0 bridgehead atoms. The molecule has 0 aliphatic heterocycles. The van der Waals surface area contributed by atoms with Crippen LogP contribution in [0.1, 0.15) is 5.56 Å². The number of alkyl halides is 1. The summed E-state index contributed by atoms with van der Waals surface area (Å²) in [7, 11) is 3.76. The van der Waals surface area contributed by atoms with Crippen molar-refractivity contribution in [3.63, 3.8) is 0 Å². The van der Waals surface area contributed by atoms with Gasteiger partial charge in [-0.05, 0) is 17.7 Å². The Labute approximate surface area is 90.4 Å². The van der Waals surface area contributed by atoms with Gasteiger partial charge in [0, 0.05) is 32.3 Å². The third-order valence-corrected chi connectivity index (χ3v) is 2.47. The highest BCUT2D eigenvalue weighted by atomic mass is 35.5. The molecule has 1 aromatic carbocycles. The molecule has 0 radical (unpaired) electrons. The first-order chi connectivity index (χ1) is 6.77. The van der Waals surface area contributed by atoms with Crippen molar-refractivity contribution in [1.82, 2.24) is 0 Å². The Balaban J connectivity index is 2.57. The van der Waals surface area contributed by atoms with Crippen molar-refractivity contribution in [3.8, 4) is 0 Å². The van der Waals surface area contributed by atoms with Crippen molar-refractivity contribution in [1.29, 1.82) is 0 Å². The molecule has 2 nitrogen and oxygen atoms in total. The second-order valence-corrected chi connectivity index (χ2v) is 3.48. The molecular formula is C11H16ClNO. The van der Waals surface area contributed by atoms with Crippen LogP contribution in [-0.2, 0) is 10.6 Å². The quantitative estimate of drug-likeness (QED) is 0.697. The van der Waals surface area contributed by atoms with Gasteiger partial charge in [-0.1, -0.05) is 12.1 Å². The molecule has 0 atom stereocenters. The van der Waals surface area contributed by atoms with Crippen LogP contribution in [0.25, 0.3) is 0 Å². The fourth-order valence-electron chi connectivity index (χ4n) is 1.20. The fourth-order valence-corrected chi connectivity index (χ4v) is 1.38. The lowest BCUT2D eigenvalue weighted by atomic mass is 10.2. The van der Waals surface area contributed by atoms with Crippen LogP contribution in [0.15, 0.2) is 24.3 Å². The summed E-state index contributed by atoms with van der Waals surface area (Å²) in [5.74, 6) is 0.571. The Bertz CT molecular complexity index is 260. The third-order valence-electron chi connectivity index (χ3n) is 2.16. The fraction of sp³-hybridized carbons (Fsp3) is 0.455. The molecule has 0 N–H and O–H groups in total. The van der Waals surface area contributed by atoms with Gasteiger partial charge in [0.15, 0.2) is 0 Å². The number of nitrogens with zero attached hydrogens (tertiary/aromatic N) is 1. The molecule has 1 rings (SSSR count). The first-order valence-corrected chi connectivity index (χ1v) is 5.16. The van der Waals surface area contributed by atoms with E-state index in [9.17, 15) is 0 Å². The minimum atomic E-state index is 0.571. The maximum absolute atomic E-state index is 5.71. The molecule has 14 heavy (non-hydrogen) atoms. The number of hydrogen-bond donors (Lipinski definition) is 0. The lowest BCUT2D eigenvalue weighted by molar-refractivity contribution is 0.206. The highest BCUT2D eigenvalue weighted by Crippen LogP contribution is 2.14. The summed E-state index contributed by atoms with van der Waals surface area (Å²) >= 11 is 5.71. The maximum atomic E-state index is 5.71. The first-order valence-electron chi connectivity index (χ1n) is 4.63. The van der Waals surface area contributed by atoms with Crippen LogP contribution in [0, 0.1) is 0 Å². The van der Waals surface area contributed by atoms with E-state index in [-0.39, 0.29) is 0 Å². The van der Waals surface area contributed by atoms with Gasteiger partial charge >= 0.3 is 0 Å². The van der Waals surface area contributed by atoms with E-state index in [1.165, 1.54) is 5.69 Å². The maximum Gasteiger partial charge on any atom is 0.0637 e. The summed E-state index contributed by atoms with van der Waals surface area (Å²) in [6.07, 6.45) is 0. The smallest absolute Gasteiger partial charge is 0.0637 e. The Morgan fingerprint density at radius 3 is 2.43 bits per heavy atom.